The molecule has 156 valence electrons. The average Bonchev–Trinajstić information content (AvgIpc) is 3.22. The minimum absolute atomic E-state index is 0.0127. The smallest absolute Gasteiger partial charge is 0.254 e. The molecular formula is C24H21FN4O2. The fraction of sp³-hybridized carbons (Fsp3) is 0.208. The van der Waals surface area contributed by atoms with Gasteiger partial charge in [0.05, 0.1) is 0 Å². The fourth-order valence-corrected chi connectivity index (χ4v) is 3.52. The molecule has 1 aliphatic rings. The molecule has 0 bridgehead atoms. The Morgan fingerprint density at radius 3 is 2.48 bits per heavy atom. The molecule has 0 unspecified atom stereocenters. The molecule has 1 aliphatic heterocycles. The van der Waals surface area contributed by atoms with Gasteiger partial charge in [0.1, 0.15) is 11.9 Å². The van der Waals surface area contributed by atoms with Crippen molar-refractivity contribution in [1.29, 1.82) is 5.26 Å². The third kappa shape index (κ3) is 4.48. The first-order valence-corrected chi connectivity index (χ1v) is 9.99. The summed E-state index contributed by atoms with van der Waals surface area (Å²) in [4.78, 5) is 20.8. The number of benzene rings is 2. The lowest BCUT2D eigenvalue weighted by molar-refractivity contribution is 0.0744. The second-order valence-corrected chi connectivity index (χ2v) is 7.30. The zero-order valence-electron chi connectivity index (χ0n) is 17.1. The largest absolute Gasteiger partial charge is 0.420 e. The molecule has 3 aromatic rings. The minimum atomic E-state index is -0.303. The number of hydrogen-bond acceptors (Lipinski definition) is 5. The Morgan fingerprint density at radius 2 is 1.81 bits per heavy atom. The fourth-order valence-electron chi connectivity index (χ4n) is 3.52. The molecular weight excluding hydrogens is 395 g/mol. The highest BCUT2D eigenvalue weighted by molar-refractivity contribution is 5.95. The van der Waals surface area contributed by atoms with E-state index in [1.54, 1.807) is 24.3 Å². The average molecular weight is 416 g/mol. The summed E-state index contributed by atoms with van der Waals surface area (Å²) in [5.41, 5.74) is 2.66. The normalized spacial score (nSPS) is 14.1. The second kappa shape index (κ2) is 8.84. The van der Waals surface area contributed by atoms with Crippen LogP contribution in [0.1, 0.15) is 33.1 Å². The first-order chi connectivity index (χ1) is 15.0. The Kier molecular flexibility index (Phi) is 5.80. The Hall–Kier alpha value is -3.92. The first-order valence-electron chi connectivity index (χ1n) is 9.99. The van der Waals surface area contributed by atoms with Crippen LogP contribution in [0, 0.1) is 24.1 Å². The number of rotatable bonds is 4. The Balaban J connectivity index is 1.45. The van der Waals surface area contributed by atoms with Gasteiger partial charge in [0.25, 0.3) is 5.91 Å². The zero-order chi connectivity index (χ0) is 21.8. The summed E-state index contributed by atoms with van der Waals surface area (Å²) in [6.45, 7) is 4.07. The maximum absolute atomic E-state index is 13.0. The van der Waals surface area contributed by atoms with E-state index in [-0.39, 0.29) is 17.4 Å². The number of oxazole rings is 1. The molecule has 0 N–H and O–H groups in total. The van der Waals surface area contributed by atoms with E-state index in [2.05, 4.69) is 11.1 Å². The summed E-state index contributed by atoms with van der Waals surface area (Å²) in [5, 5.41) is 9.47. The number of amides is 1. The number of nitrogens with zero attached hydrogens (tertiary/aromatic N) is 4. The van der Waals surface area contributed by atoms with Gasteiger partial charge in [0, 0.05) is 37.8 Å². The van der Waals surface area contributed by atoms with Crippen LogP contribution in [0.4, 0.5) is 10.3 Å². The second-order valence-electron chi connectivity index (χ2n) is 7.30. The van der Waals surface area contributed by atoms with Gasteiger partial charge in [-0.15, -0.1) is 0 Å². The minimum Gasteiger partial charge on any atom is -0.420 e. The van der Waals surface area contributed by atoms with Crippen LogP contribution in [-0.2, 0) is 0 Å². The lowest BCUT2D eigenvalue weighted by atomic mass is 10.1. The Labute approximate surface area is 179 Å². The standard InChI is InChI=1S/C24H21FN4O2/c1-17-4-2-3-5-20(17)23(30)28-12-14-29(15-13-28)24-21(16-26)27-22(31-24)11-8-18-6-9-19(25)10-7-18/h2-11H,12-15H2,1H3. The van der Waals surface area contributed by atoms with Crippen LogP contribution in [0.2, 0.25) is 0 Å². The van der Waals surface area contributed by atoms with E-state index in [0.29, 0.717) is 43.5 Å². The number of piperazine rings is 1. The lowest BCUT2D eigenvalue weighted by Crippen LogP contribution is -2.49. The van der Waals surface area contributed by atoms with Crippen LogP contribution in [0.5, 0.6) is 0 Å². The molecule has 0 spiro atoms. The molecule has 0 radical (unpaired) electrons. The summed E-state index contributed by atoms with van der Waals surface area (Å²) in [5.74, 6) is 0.416. The third-order valence-corrected chi connectivity index (χ3v) is 5.25. The van der Waals surface area contributed by atoms with Crippen LogP contribution in [-0.4, -0.2) is 42.0 Å². The van der Waals surface area contributed by atoms with Gasteiger partial charge in [-0.25, -0.2) is 4.39 Å². The summed E-state index contributed by atoms with van der Waals surface area (Å²) >= 11 is 0. The summed E-state index contributed by atoms with van der Waals surface area (Å²) in [7, 11) is 0. The van der Waals surface area contributed by atoms with Crippen LogP contribution in [0.25, 0.3) is 12.2 Å². The number of anilines is 1. The van der Waals surface area contributed by atoms with E-state index in [1.807, 2.05) is 41.0 Å². The van der Waals surface area contributed by atoms with Crippen molar-refractivity contribution in [2.24, 2.45) is 0 Å². The van der Waals surface area contributed by atoms with Gasteiger partial charge in [-0.1, -0.05) is 30.3 Å². The molecule has 1 aromatic heterocycles. The van der Waals surface area contributed by atoms with Crippen molar-refractivity contribution in [3.8, 4) is 6.07 Å². The quantitative estimate of drug-likeness (QED) is 0.640. The van der Waals surface area contributed by atoms with Crippen molar-refractivity contribution in [3.05, 3.63) is 82.6 Å². The SMILES string of the molecule is Cc1ccccc1C(=O)N1CCN(c2oc(C=Cc3ccc(F)cc3)nc2C#N)CC1. The number of nitriles is 1. The molecule has 1 fully saturated rings. The van der Waals surface area contributed by atoms with Gasteiger partial charge in [-0.3, -0.25) is 4.79 Å². The molecule has 0 saturated carbocycles. The molecule has 2 heterocycles. The summed E-state index contributed by atoms with van der Waals surface area (Å²) in [6, 6.07) is 15.7. The van der Waals surface area contributed by atoms with E-state index < -0.39 is 0 Å². The van der Waals surface area contributed by atoms with E-state index in [0.717, 1.165) is 11.1 Å². The van der Waals surface area contributed by atoms with Gasteiger partial charge in [-0.05, 0) is 42.3 Å². The molecule has 0 atom stereocenters. The van der Waals surface area contributed by atoms with Gasteiger partial charge < -0.3 is 14.2 Å². The van der Waals surface area contributed by atoms with Crippen LogP contribution < -0.4 is 4.90 Å². The predicted molar refractivity (Wildman–Crippen MR) is 116 cm³/mol. The van der Waals surface area contributed by atoms with Crippen molar-refractivity contribution in [3.63, 3.8) is 0 Å². The summed E-state index contributed by atoms with van der Waals surface area (Å²) in [6.07, 6.45) is 3.39. The van der Waals surface area contributed by atoms with Crippen molar-refractivity contribution in [2.45, 2.75) is 6.92 Å². The van der Waals surface area contributed by atoms with E-state index in [1.165, 1.54) is 12.1 Å². The summed E-state index contributed by atoms with van der Waals surface area (Å²) < 4.78 is 18.8. The number of aryl methyl sites for hydroxylation is 1. The Morgan fingerprint density at radius 1 is 1.10 bits per heavy atom. The van der Waals surface area contributed by atoms with Crippen molar-refractivity contribution in [1.82, 2.24) is 9.88 Å². The monoisotopic (exact) mass is 416 g/mol. The van der Waals surface area contributed by atoms with Crippen molar-refractivity contribution >= 4 is 23.9 Å². The van der Waals surface area contributed by atoms with E-state index in [4.69, 9.17) is 4.42 Å². The highest BCUT2D eigenvalue weighted by Gasteiger charge is 2.27. The number of halogens is 1. The molecule has 0 aliphatic carbocycles. The highest BCUT2D eigenvalue weighted by atomic mass is 19.1. The molecule has 6 nitrogen and oxygen atoms in total. The first kappa shape index (κ1) is 20.4. The predicted octanol–water partition coefficient (Wildman–Crippen LogP) is 4.13. The molecule has 1 amide bonds. The van der Waals surface area contributed by atoms with Crippen molar-refractivity contribution in [2.75, 3.05) is 31.1 Å². The van der Waals surface area contributed by atoms with E-state index >= 15 is 0 Å². The zero-order valence-corrected chi connectivity index (χ0v) is 17.1. The van der Waals surface area contributed by atoms with Gasteiger partial charge in [0.2, 0.25) is 17.5 Å². The topological polar surface area (TPSA) is 73.4 Å². The number of carbonyl (C=O) groups excluding carboxylic acids is 1. The van der Waals surface area contributed by atoms with Crippen LogP contribution in [0.15, 0.2) is 52.9 Å². The molecule has 31 heavy (non-hydrogen) atoms. The molecule has 1 saturated heterocycles. The highest BCUT2D eigenvalue weighted by Crippen LogP contribution is 2.25. The number of aromatic nitrogens is 1. The Bertz CT molecular complexity index is 1150. The number of carbonyl (C=O) groups is 1. The van der Waals surface area contributed by atoms with Gasteiger partial charge in [-0.2, -0.15) is 10.2 Å². The van der Waals surface area contributed by atoms with Gasteiger partial charge >= 0.3 is 0 Å². The maximum Gasteiger partial charge on any atom is 0.254 e. The molecule has 7 heteroatoms. The van der Waals surface area contributed by atoms with Crippen LogP contribution in [0.3, 0.4) is 0 Å². The number of hydrogen-bond donors (Lipinski definition) is 0. The van der Waals surface area contributed by atoms with E-state index in [9.17, 15) is 14.4 Å². The molecule has 4 rings (SSSR count). The molecule has 2 aromatic carbocycles. The maximum atomic E-state index is 13.0. The van der Waals surface area contributed by atoms with Crippen LogP contribution >= 0.6 is 0 Å². The van der Waals surface area contributed by atoms with Gasteiger partial charge in [0.15, 0.2) is 0 Å². The van der Waals surface area contributed by atoms with Crippen molar-refractivity contribution < 1.29 is 13.6 Å². The lowest BCUT2D eigenvalue weighted by Gasteiger charge is -2.34. The third-order valence-electron chi connectivity index (χ3n) is 5.25.